The Morgan fingerprint density at radius 3 is 2.52 bits per heavy atom. The van der Waals surface area contributed by atoms with Gasteiger partial charge in [-0.25, -0.2) is 0 Å². The Labute approximate surface area is 149 Å². The average Bonchev–Trinajstić information content (AvgIpc) is 3.09. The molecule has 0 radical (unpaired) electrons. The topological polar surface area (TPSA) is 67.5 Å². The quantitative estimate of drug-likeness (QED) is 0.764. The summed E-state index contributed by atoms with van der Waals surface area (Å²) in [6.45, 7) is 11.5. The Morgan fingerprint density at radius 2 is 1.84 bits per heavy atom. The maximum atomic E-state index is 5.75. The van der Waals surface area contributed by atoms with Crippen molar-refractivity contribution in [3.8, 4) is 0 Å². The second-order valence-corrected chi connectivity index (χ2v) is 6.88. The van der Waals surface area contributed by atoms with Crippen molar-refractivity contribution in [3.63, 3.8) is 0 Å². The van der Waals surface area contributed by atoms with Gasteiger partial charge in [0.05, 0.1) is 6.54 Å². The lowest BCUT2D eigenvalue weighted by molar-refractivity contribution is 0.0402. The highest BCUT2D eigenvalue weighted by Crippen LogP contribution is 2.17. The van der Waals surface area contributed by atoms with Crippen LogP contribution < -0.4 is 4.90 Å². The van der Waals surface area contributed by atoms with E-state index in [1.54, 1.807) is 0 Å². The van der Waals surface area contributed by atoms with E-state index >= 15 is 0 Å². The van der Waals surface area contributed by atoms with E-state index < -0.39 is 0 Å². The molecule has 0 amide bonds. The van der Waals surface area contributed by atoms with Crippen molar-refractivity contribution >= 4 is 5.69 Å². The molecular weight excluding hydrogens is 318 g/mol. The highest BCUT2D eigenvalue weighted by molar-refractivity contribution is 5.44. The van der Waals surface area contributed by atoms with Gasteiger partial charge in [-0.2, -0.15) is 4.98 Å². The van der Waals surface area contributed by atoms with Crippen LogP contribution in [0.1, 0.15) is 38.6 Å². The Balaban J connectivity index is 1.48. The summed E-state index contributed by atoms with van der Waals surface area (Å²) in [5.74, 6) is 1.78. The molecule has 2 aromatic rings. The summed E-state index contributed by atoms with van der Waals surface area (Å²) in [5, 5.41) is 4.07. The lowest BCUT2D eigenvalue weighted by Crippen LogP contribution is -2.46. The van der Waals surface area contributed by atoms with Crippen LogP contribution in [0.15, 0.2) is 29.0 Å². The zero-order valence-electron chi connectivity index (χ0n) is 15.3. The van der Waals surface area contributed by atoms with Gasteiger partial charge in [0.2, 0.25) is 5.89 Å². The number of hydrogen-bond donors (Lipinski definition) is 0. The van der Waals surface area contributed by atoms with Crippen LogP contribution in [0.2, 0.25) is 0 Å². The predicted octanol–water partition coefficient (Wildman–Crippen LogP) is 2.52. The minimum Gasteiger partial charge on any atom is -0.370 e. The van der Waals surface area contributed by atoms with Crippen molar-refractivity contribution in [1.29, 1.82) is 0 Å². The molecule has 0 aliphatic carbocycles. The van der Waals surface area contributed by atoms with E-state index in [4.69, 9.17) is 9.26 Å². The minimum absolute atomic E-state index is 0.136. The van der Waals surface area contributed by atoms with Gasteiger partial charge in [0.25, 0.3) is 0 Å². The Hall–Kier alpha value is -1.99. The second kappa shape index (κ2) is 8.40. The summed E-state index contributed by atoms with van der Waals surface area (Å²) >= 11 is 0. The minimum atomic E-state index is -0.136. The number of anilines is 1. The molecule has 0 N–H and O–H groups in total. The molecule has 136 valence electrons. The number of ether oxygens (including phenoxy) is 1. The molecule has 2 aromatic heterocycles. The van der Waals surface area contributed by atoms with Crippen LogP contribution in [0.4, 0.5) is 5.69 Å². The Morgan fingerprint density at radius 1 is 1.12 bits per heavy atom. The molecule has 1 atom stereocenters. The van der Waals surface area contributed by atoms with E-state index in [2.05, 4.69) is 50.9 Å². The van der Waals surface area contributed by atoms with Gasteiger partial charge in [-0.05, 0) is 25.0 Å². The maximum absolute atomic E-state index is 5.75. The first-order valence-corrected chi connectivity index (χ1v) is 8.93. The number of aromatic nitrogens is 3. The highest BCUT2D eigenvalue weighted by atomic mass is 16.5. The summed E-state index contributed by atoms with van der Waals surface area (Å²) < 4.78 is 11.1. The van der Waals surface area contributed by atoms with E-state index in [0.29, 0.717) is 30.8 Å². The highest BCUT2D eigenvalue weighted by Gasteiger charge is 2.21. The van der Waals surface area contributed by atoms with E-state index in [-0.39, 0.29) is 6.10 Å². The molecule has 0 unspecified atom stereocenters. The molecule has 0 saturated carbocycles. The van der Waals surface area contributed by atoms with Crippen LogP contribution in [-0.2, 0) is 11.3 Å². The molecule has 1 fully saturated rings. The molecular formula is C18H27N5O2. The van der Waals surface area contributed by atoms with Gasteiger partial charge in [0.15, 0.2) is 5.82 Å². The van der Waals surface area contributed by atoms with Crippen molar-refractivity contribution in [3.05, 3.63) is 36.2 Å². The number of piperazine rings is 1. The predicted molar refractivity (Wildman–Crippen MR) is 95.2 cm³/mol. The zero-order valence-corrected chi connectivity index (χ0v) is 15.3. The largest absolute Gasteiger partial charge is 0.370 e. The first-order valence-electron chi connectivity index (χ1n) is 8.93. The van der Waals surface area contributed by atoms with Gasteiger partial charge in [0, 0.05) is 50.9 Å². The standard InChI is InChI=1S/C18H27N5O2/c1-14(2)13-24-15(3)18-20-17(25-21-18)12-22-8-10-23(11-9-22)16-4-6-19-7-5-16/h4-7,14-15H,8-13H2,1-3H3/t15-/m1/s1. The molecule has 1 aliphatic heterocycles. The molecule has 0 bridgehead atoms. The first-order chi connectivity index (χ1) is 12.1. The third kappa shape index (κ3) is 4.99. The zero-order chi connectivity index (χ0) is 17.6. The van der Waals surface area contributed by atoms with Crippen molar-refractivity contribution in [2.45, 2.75) is 33.4 Å². The third-order valence-corrected chi connectivity index (χ3v) is 4.29. The maximum Gasteiger partial charge on any atom is 0.240 e. The summed E-state index contributed by atoms with van der Waals surface area (Å²) in [7, 11) is 0. The fourth-order valence-electron chi connectivity index (χ4n) is 2.82. The normalized spacial score (nSPS) is 17.2. The fraction of sp³-hybridized carbons (Fsp3) is 0.611. The van der Waals surface area contributed by atoms with Crippen LogP contribution in [0.25, 0.3) is 0 Å². The molecule has 0 spiro atoms. The number of nitrogens with zero attached hydrogens (tertiary/aromatic N) is 5. The molecule has 3 rings (SSSR count). The van der Waals surface area contributed by atoms with Gasteiger partial charge >= 0.3 is 0 Å². The van der Waals surface area contributed by atoms with Crippen molar-refractivity contribution in [1.82, 2.24) is 20.0 Å². The Bertz CT molecular complexity index is 638. The van der Waals surface area contributed by atoms with Gasteiger partial charge in [-0.15, -0.1) is 0 Å². The van der Waals surface area contributed by atoms with Gasteiger partial charge in [-0.3, -0.25) is 9.88 Å². The summed E-state index contributed by atoms with van der Waals surface area (Å²) in [4.78, 5) is 13.3. The molecule has 25 heavy (non-hydrogen) atoms. The molecule has 1 saturated heterocycles. The smallest absolute Gasteiger partial charge is 0.240 e. The molecule has 7 heteroatoms. The third-order valence-electron chi connectivity index (χ3n) is 4.29. The van der Waals surface area contributed by atoms with Crippen LogP contribution in [0.5, 0.6) is 0 Å². The molecule has 0 aromatic carbocycles. The lowest BCUT2D eigenvalue weighted by Gasteiger charge is -2.35. The summed E-state index contributed by atoms with van der Waals surface area (Å²) in [6, 6.07) is 4.11. The van der Waals surface area contributed by atoms with E-state index in [9.17, 15) is 0 Å². The van der Waals surface area contributed by atoms with Crippen LogP contribution in [0.3, 0.4) is 0 Å². The molecule has 3 heterocycles. The SMILES string of the molecule is CC(C)CO[C@H](C)c1noc(CN2CCN(c3ccncc3)CC2)n1. The lowest BCUT2D eigenvalue weighted by atomic mass is 10.2. The van der Waals surface area contributed by atoms with E-state index in [1.165, 1.54) is 5.69 Å². The van der Waals surface area contributed by atoms with Crippen LogP contribution in [0, 0.1) is 5.92 Å². The molecule has 7 nitrogen and oxygen atoms in total. The molecule has 1 aliphatic rings. The number of hydrogen-bond acceptors (Lipinski definition) is 7. The fourth-order valence-corrected chi connectivity index (χ4v) is 2.82. The van der Waals surface area contributed by atoms with Crippen molar-refractivity contribution in [2.75, 3.05) is 37.7 Å². The van der Waals surface area contributed by atoms with Gasteiger partial charge in [0.1, 0.15) is 6.10 Å². The Kier molecular flexibility index (Phi) is 5.99. The average molecular weight is 345 g/mol. The van der Waals surface area contributed by atoms with Crippen molar-refractivity contribution < 1.29 is 9.26 Å². The van der Waals surface area contributed by atoms with Crippen molar-refractivity contribution in [2.24, 2.45) is 5.92 Å². The van der Waals surface area contributed by atoms with E-state index in [0.717, 1.165) is 26.2 Å². The first kappa shape index (κ1) is 17.8. The monoisotopic (exact) mass is 345 g/mol. The number of pyridine rings is 1. The number of rotatable bonds is 7. The van der Waals surface area contributed by atoms with Gasteiger partial charge < -0.3 is 14.2 Å². The summed E-state index contributed by atoms with van der Waals surface area (Å²) in [6.07, 6.45) is 3.54. The summed E-state index contributed by atoms with van der Waals surface area (Å²) in [5.41, 5.74) is 1.23. The van der Waals surface area contributed by atoms with Crippen LogP contribution in [-0.4, -0.2) is 52.8 Å². The second-order valence-electron chi connectivity index (χ2n) is 6.88. The van der Waals surface area contributed by atoms with Crippen LogP contribution >= 0.6 is 0 Å². The van der Waals surface area contributed by atoms with Gasteiger partial charge in [-0.1, -0.05) is 19.0 Å². The van der Waals surface area contributed by atoms with E-state index in [1.807, 2.05) is 19.3 Å².